The van der Waals surface area contributed by atoms with Crippen LogP contribution in [0.1, 0.15) is 27.6 Å². The van der Waals surface area contributed by atoms with Gasteiger partial charge in [0.25, 0.3) is 11.5 Å². The number of carbonyl (C=O) groups excluding carboxylic acids is 2. The van der Waals surface area contributed by atoms with Crippen LogP contribution >= 0.6 is 0 Å². The molecule has 6 nitrogen and oxygen atoms in total. The first-order chi connectivity index (χ1) is 12.1. The maximum absolute atomic E-state index is 12.6. The minimum atomic E-state index is -0.554. The maximum atomic E-state index is 12.6. The van der Waals surface area contributed by atoms with Crippen molar-refractivity contribution in [1.29, 1.82) is 0 Å². The third kappa shape index (κ3) is 3.28. The Morgan fingerprint density at radius 3 is 2.52 bits per heavy atom. The average Bonchev–Trinajstić information content (AvgIpc) is 2.65. The number of benzene rings is 1. The van der Waals surface area contributed by atoms with Gasteiger partial charge in [-0.25, -0.2) is 4.79 Å². The summed E-state index contributed by atoms with van der Waals surface area (Å²) < 4.78 is 6.37. The second kappa shape index (κ2) is 7.00. The van der Waals surface area contributed by atoms with Gasteiger partial charge in [0.05, 0.1) is 17.7 Å². The van der Waals surface area contributed by atoms with Crippen LogP contribution in [0.3, 0.4) is 0 Å². The Morgan fingerprint density at radius 1 is 1.08 bits per heavy atom. The van der Waals surface area contributed by atoms with Gasteiger partial charge in [0.15, 0.2) is 0 Å². The Hall–Kier alpha value is -3.41. The molecule has 2 heterocycles. The predicted molar refractivity (Wildman–Crippen MR) is 94.0 cm³/mol. The number of amides is 1. The van der Waals surface area contributed by atoms with Crippen LogP contribution in [0.4, 0.5) is 5.69 Å². The van der Waals surface area contributed by atoms with Crippen molar-refractivity contribution >= 4 is 23.1 Å². The van der Waals surface area contributed by atoms with E-state index in [0.29, 0.717) is 11.1 Å². The largest absolute Gasteiger partial charge is 0.462 e. The number of hydrogen-bond acceptors (Lipinski definition) is 4. The van der Waals surface area contributed by atoms with E-state index in [1.807, 2.05) is 0 Å². The van der Waals surface area contributed by atoms with Crippen LogP contribution in [0.25, 0.3) is 5.52 Å². The molecule has 0 spiro atoms. The lowest BCUT2D eigenvalue weighted by Gasteiger charge is -2.11. The normalized spacial score (nSPS) is 10.4. The molecule has 126 valence electrons. The van der Waals surface area contributed by atoms with E-state index >= 15 is 0 Å². The Balaban J connectivity index is 2.09. The molecule has 3 aromatic rings. The van der Waals surface area contributed by atoms with Gasteiger partial charge in [-0.05, 0) is 37.3 Å². The molecule has 1 N–H and O–H groups in total. The summed E-state index contributed by atoms with van der Waals surface area (Å²) in [5.41, 5.74) is 0.639. The highest BCUT2D eigenvalue weighted by atomic mass is 16.5. The van der Waals surface area contributed by atoms with E-state index in [9.17, 15) is 14.4 Å². The van der Waals surface area contributed by atoms with Gasteiger partial charge in [-0.3, -0.25) is 14.0 Å². The third-order valence-corrected chi connectivity index (χ3v) is 3.65. The molecule has 0 aliphatic rings. The number of ether oxygens (including phenoxy) is 1. The zero-order valence-electron chi connectivity index (χ0n) is 13.6. The van der Waals surface area contributed by atoms with Crippen LogP contribution in [0.2, 0.25) is 0 Å². The monoisotopic (exact) mass is 336 g/mol. The second-order valence-corrected chi connectivity index (χ2v) is 5.27. The van der Waals surface area contributed by atoms with Crippen molar-refractivity contribution in [3.63, 3.8) is 0 Å². The van der Waals surface area contributed by atoms with E-state index in [1.165, 1.54) is 10.5 Å². The topological polar surface area (TPSA) is 76.9 Å². The van der Waals surface area contributed by atoms with Gasteiger partial charge in [-0.1, -0.05) is 24.3 Å². The first-order valence-corrected chi connectivity index (χ1v) is 7.79. The molecular weight excluding hydrogens is 320 g/mol. The van der Waals surface area contributed by atoms with E-state index in [-0.39, 0.29) is 17.9 Å². The molecule has 3 rings (SSSR count). The molecular formula is C19H16N2O4. The summed E-state index contributed by atoms with van der Waals surface area (Å²) in [4.78, 5) is 37.2. The Labute approximate surface area is 143 Å². The van der Waals surface area contributed by atoms with E-state index < -0.39 is 17.4 Å². The molecule has 0 atom stereocenters. The number of nitrogens with one attached hydrogen (secondary N) is 1. The van der Waals surface area contributed by atoms with Crippen LogP contribution < -0.4 is 10.9 Å². The molecule has 0 fully saturated rings. The molecule has 2 aromatic heterocycles. The zero-order valence-corrected chi connectivity index (χ0v) is 13.6. The van der Waals surface area contributed by atoms with Crippen molar-refractivity contribution in [3.8, 4) is 0 Å². The fraction of sp³-hybridized carbons (Fsp3) is 0.105. The molecule has 0 saturated heterocycles. The maximum Gasteiger partial charge on any atom is 0.340 e. The second-order valence-electron chi connectivity index (χ2n) is 5.27. The molecule has 1 amide bonds. The SMILES string of the molecule is CCOC(=O)c1cc(NC(=O)c2ccccc2)c(=O)n2ccccc12. The summed E-state index contributed by atoms with van der Waals surface area (Å²) in [6.07, 6.45) is 1.54. The highest BCUT2D eigenvalue weighted by Gasteiger charge is 2.17. The fourth-order valence-electron chi connectivity index (χ4n) is 2.50. The van der Waals surface area contributed by atoms with Gasteiger partial charge in [-0.2, -0.15) is 0 Å². The van der Waals surface area contributed by atoms with Gasteiger partial charge in [0.1, 0.15) is 5.69 Å². The summed E-state index contributed by atoms with van der Waals surface area (Å²) in [5.74, 6) is -0.982. The smallest absolute Gasteiger partial charge is 0.340 e. The molecule has 0 bridgehead atoms. The number of pyridine rings is 2. The summed E-state index contributed by atoms with van der Waals surface area (Å²) >= 11 is 0. The first-order valence-electron chi connectivity index (χ1n) is 7.79. The number of aromatic nitrogens is 1. The minimum absolute atomic E-state index is 0.0145. The summed E-state index contributed by atoms with van der Waals surface area (Å²) in [5, 5.41) is 2.58. The molecule has 0 unspecified atom stereocenters. The van der Waals surface area contributed by atoms with Gasteiger partial charge in [0.2, 0.25) is 0 Å². The molecule has 0 aliphatic heterocycles. The third-order valence-electron chi connectivity index (χ3n) is 3.65. The van der Waals surface area contributed by atoms with Crippen LogP contribution in [0.5, 0.6) is 0 Å². The fourth-order valence-corrected chi connectivity index (χ4v) is 2.50. The van der Waals surface area contributed by atoms with Gasteiger partial charge >= 0.3 is 5.97 Å². The highest BCUT2D eigenvalue weighted by molar-refractivity contribution is 6.05. The van der Waals surface area contributed by atoms with Gasteiger partial charge in [0, 0.05) is 11.8 Å². The highest BCUT2D eigenvalue weighted by Crippen LogP contribution is 2.15. The van der Waals surface area contributed by atoms with E-state index in [2.05, 4.69) is 5.32 Å². The number of hydrogen-bond donors (Lipinski definition) is 1. The minimum Gasteiger partial charge on any atom is -0.462 e. The number of nitrogens with zero attached hydrogens (tertiary/aromatic N) is 1. The quantitative estimate of drug-likeness (QED) is 0.743. The van der Waals surface area contributed by atoms with Crippen molar-refractivity contribution in [3.05, 3.63) is 82.3 Å². The summed E-state index contributed by atoms with van der Waals surface area (Å²) in [6.45, 7) is 1.91. The van der Waals surface area contributed by atoms with Crippen LogP contribution in [-0.4, -0.2) is 22.9 Å². The number of anilines is 1. The van der Waals surface area contributed by atoms with E-state index in [4.69, 9.17) is 4.74 Å². The lowest BCUT2D eigenvalue weighted by molar-refractivity contribution is 0.0528. The summed E-state index contributed by atoms with van der Waals surface area (Å²) in [7, 11) is 0. The average molecular weight is 336 g/mol. The predicted octanol–water partition coefficient (Wildman–Crippen LogP) is 2.73. The van der Waals surface area contributed by atoms with Crippen LogP contribution in [-0.2, 0) is 4.74 Å². The van der Waals surface area contributed by atoms with E-state index in [0.717, 1.165) is 0 Å². The van der Waals surface area contributed by atoms with Crippen molar-refractivity contribution < 1.29 is 14.3 Å². The molecule has 0 radical (unpaired) electrons. The standard InChI is InChI=1S/C19H16N2O4/c1-2-25-19(24)14-12-15(18(23)21-11-7-6-10-16(14)21)20-17(22)13-8-4-3-5-9-13/h3-12H,2H2,1H3,(H,20,22). The number of esters is 1. The Morgan fingerprint density at radius 2 is 1.80 bits per heavy atom. The molecule has 0 aliphatic carbocycles. The molecule has 1 aromatic carbocycles. The van der Waals surface area contributed by atoms with Crippen molar-refractivity contribution in [1.82, 2.24) is 4.40 Å². The van der Waals surface area contributed by atoms with Crippen molar-refractivity contribution in [2.75, 3.05) is 11.9 Å². The first kappa shape index (κ1) is 16.4. The molecule has 0 saturated carbocycles. The summed E-state index contributed by atoms with van der Waals surface area (Å²) in [6, 6.07) is 14.9. The Bertz CT molecular complexity index is 993. The van der Waals surface area contributed by atoms with Gasteiger partial charge in [-0.15, -0.1) is 0 Å². The zero-order chi connectivity index (χ0) is 17.8. The molecule has 25 heavy (non-hydrogen) atoms. The Kier molecular flexibility index (Phi) is 4.61. The number of rotatable bonds is 4. The molecule has 6 heteroatoms. The number of carbonyl (C=O) groups is 2. The van der Waals surface area contributed by atoms with Crippen LogP contribution in [0.15, 0.2) is 65.6 Å². The van der Waals surface area contributed by atoms with Crippen molar-refractivity contribution in [2.24, 2.45) is 0 Å². The van der Waals surface area contributed by atoms with E-state index in [1.54, 1.807) is 61.7 Å². The lowest BCUT2D eigenvalue weighted by Crippen LogP contribution is -2.24. The van der Waals surface area contributed by atoms with Crippen LogP contribution in [0, 0.1) is 0 Å². The number of fused-ring (bicyclic) bond motifs is 1. The van der Waals surface area contributed by atoms with Crippen molar-refractivity contribution in [2.45, 2.75) is 6.92 Å². The lowest BCUT2D eigenvalue weighted by atomic mass is 10.1. The van der Waals surface area contributed by atoms with Gasteiger partial charge < -0.3 is 10.1 Å².